The third kappa shape index (κ3) is 2.18. The lowest BCUT2D eigenvalue weighted by atomic mass is 10.3. The molecular weight excluding hydrogens is 245 g/mol. The third-order valence-electron chi connectivity index (χ3n) is 2.77. The molecule has 1 heterocycles. The Bertz CT molecular complexity index is 734. The molecular formula is C14H10FN3O. The number of rotatable bonds is 1. The molecule has 94 valence electrons. The maximum absolute atomic E-state index is 12.8. The average molecular weight is 255 g/mol. The molecule has 0 unspecified atom stereocenters. The maximum Gasteiger partial charge on any atom is 0.347 e. The number of hydrogen-bond acceptors (Lipinski definition) is 2. The van der Waals surface area contributed by atoms with Crippen LogP contribution in [0.25, 0.3) is 10.9 Å². The van der Waals surface area contributed by atoms with Gasteiger partial charge in [0.1, 0.15) is 5.82 Å². The molecule has 19 heavy (non-hydrogen) atoms. The second-order valence-electron chi connectivity index (χ2n) is 4.05. The Kier molecular flexibility index (Phi) is 2.72. The minimum atomic E-state index is -0.382. The van der Waals surface area contributed by atoms with Gasteiger partial charge in [0, 0.05) is 11.1 Å². The van der Waals surface area contributed by atoms with Crippen LogP contribution >= 0.6 is 0 Å². The van der Waals surface area contributed by atoms with Crippen LogP contribution in [0.3, 0.4) is 0 Å². The van der Waals surface area contributed by atoms with Crippen LogP contribution in [0.1, 0.15) is 0 Å². The van der Waals surface area contributed by atoms with Gasteiger partial charge in [-0.25, -0.2) is 9.18 Å². The lowest BCUT2D eigenvalue weighted by Gasteiger charge is -2.05. The van der Waals surface area contributed by atoms with Gasteiger partial charge in [-0.1, -0.05) is 18.2 Å². The van der Waals surface area contributed by atoms with Gasteiger partial charge in [-0.05, 0) is 30.3 Å². The number of benzene rings is 2. The average Bonchev–Trinajstić information content (AvgIpc) is 2.85. The van der Waals surface area contributed by atoms with E-state index in [0.29, 0.717) is 5.69 Å². The number of carbonyl (C=O) groups excluding carboxylic acids is 1. The number of nitrogens with zero attached hydrogens (tertiary/aromatic N) is 2. The van der Waals surface area contributed by atoms with Gasteiger partial charge >= 0.3 is 6.03 Å². The molecule has 0 aliphatic rings. The van der Waals surface area contributed by atoms with Gasteiger partial charge in [0.15, 0.2) is 0 Å². The normalized spacial score (nSPS) is 10.6. The number of halogens is 1. The van der Waals surface area contributed by atoms with Gasteiger partial charge < -0.3 is 5.32 Å². The van der Waals surface area contributed by atoms with Crippen LogP contribution < -0.4 is 5.32 Å². The number of aromatic nitrogens is 2. The maximum atomic E-state index is 12.8. The molecule has 0 bridgehead atoms. The first kappa shape index (κ1) is 11.4. The van der Waals surface area contributed by atoms with E-state index in [1.165, 1.54) is 28.9 Å². The van der Waals surface area contributed by atoms with Crippen molar-refractivity contribution < 1.29 is 9.18 Å². The predicted molar refractivity (Wildman–Crippen MR) is 70.5 cm³/mol. The van der Waals surface area contributed by atoms with Gasteiger partial charge in [-0.2, -0.15) is 9.78 Å². The van der Waals surface area contributed by atoms with Crippen LogP contribution in [-0.4, -0.2) is 15.8 Å². The number of hydrogen-bond donors (Lipinski definition) is 1. The number of amides is 1. The molecule has 0 saturated heterocycles. The zero-order valence-corrected chi connectivity index (χ0v) is 9.88. The second kappa shape index (κ2) is 4.53. The SMILES string of the molecule is O=C(Nc1ccc(F)cc1)n1ncc2ccccc21. The van der Waals surface area contributed by atoms with Gasteiger partial charge in [0.05, 0.1) is 11.7 Å². The zero-order valence-electron chi connectivity index (χ0n) is 9.88. The van der Waals surface area contributed by atoms with Crippen molar-refractivity contribution in [3.8, 4) is 0 Å². The van der Waals surface area contributed by atoms with E-state index in [1.807, 2.05) is 24.3 Å². The standard InChI is InChI=1S/C14H10FN3O/c15-11-5-7-12(8-6-11)17-14(19)18-13-4-2-1-3-10(13)9-16-18/h1-9H,(H,17,19). The van der Waals surface area contributed by atoms with Crippen LogP contribution in [0.4, 0.5) is 14.9 Å². The summed E-state index contributed by atoms with van der Waals surface area (Å²) in [7, 11) is 0. The van der Waals surface area contributed by atoms with Crippen molar-refractivity contribution in [1.29, 1.82) is 0 Å². The van der Waals surface area contributed by atoms with E-state index >= 15 is 0 Å². The van der Waals surface area contributed by atoms with Crippen molar-refractivity contribution in [1.82, 2.24) is 9.78 Å². The predicted octanol–water partition coefficient (Wildman–Crippen LogP) is 3.26. The van der Waals surface area contributed by atoms with Crippen molar-refractivity contribution in [3.05, 3.63) is 60.5 Å². The molecule has 0 saturated carbocycles. The Morgan fingerprint density at radius 1 is 1.11 bits per heavy atom. The number of anilines is 1. The van der Waals surface area contributed by atoms with Crippen LogP contribution in [0.2, 0.25) is 0 Å². The van der Waals surface area contributed by atoms with Crippen LogP contribution in [-0.2, 0) is 0 Å². The first-order valence-corrected chi connectivity index (χ1v) is 5.74. The molecule has 2 aromatic carbocycles. The van der Waals surface area contributed by atoms with Crippen LogP contribution in [0.5, 0.6) is 0 Å². The van der Waals surface area contributed by atoms with E-state index in [1.54, 1.807) is 6.20 Å². The molecule has 3 rings (SSSR count). The highest BCUT2D eigenvalue weighted by molar-refractivity contribution is 5.97. The molecule has 4 nitrogen and oxygen atoms in total. The lowest BCUT2D eigenvalue weighted by molar-refractivity contribution is 0.252. The summed E-state index contributed by atoms with van der Waals surface area (Å²) in [4.78, 5) is 12.1. The highest BCUT2D eigenvalue weighted by atomic mass is 19.1. The van der Waals surface area contributed by atoms with E-state index in [0.717, 1.165) is 10.9 Å². The van der Waals surface area contributed by atoms with Crippen LogP contribution in [0, 0.1) is 5.82 Å². The molecule has 5 heteroatoms. The van der Waals surface area contributed by atoms with E-state index in [2.05, 4.69) is 10.4 Å². The molecule has 1 amide bonds. The summed E-state index contributed by atoms with van der Waals surface area (Å²) < 4.78 is 14.1. The van der Waals surface area contributed by atoms with Crippen molar-refractivity contribution in [3.63, 3.8) is 0 Å². The number of fused-ring (bicyclic) bond motifs is 1. The topological polar surface area (TPSA) is 46.9 Å². The molecule has 0 radical (unpaired) electrons. The minimum Gasteiger partial charge on any atom is -0.306 e. The number of para-hydroxylation sites is 1. The lowest BCUT2D eigenvalue weighted by Crippen LogP contribution is -2.20. The fourth-order valence-electron chi connectivity index (χ4n) is 1.84. The van der Waals surface area contributed by atoms with E-state index < -0.39 is 0 Å². The van der Waals surface area contributed by atoms with Crippen molar-refractivity contribution in [2.24, 2.45) is 0 Å². The molecule has 3 aromatic rings. The smallest absolute Gasteiger partial charge is 0.306 e. The minimum absolute atomic E-state index is 0.345. The molecule has 0 aliphatic heterocycles. The zero-order chi connectivity index (χ0) is 13.2. The van der Waals surface area contributed by atoms with Gasteiger partial charge in [-0.15, -0.1) is 0 Å². The Balaban J connectivity index is 1.90. The van der Waals surface area contributed by atoms with Crippen molar-refractivity contribution in [2.45, 2.75) is 0 Å². The summed E-state index contributed by atoms with van der Waals surface area (Å²) in [6.45, 7) is 0. The third-order valence-corrected chi connectivity index (χ3v) is 2.77. The first-order valence-electron chi connectivity index (χ1n) is 5.74. The summed E-state index contributed by atoms with van der Waals surface area (Å²) in [5.74, 6) is -0.345. The quantitative estimate of drug-likeness (QED) is 0.725. The summed E-state index contributed by atoms with van der Waals surface area (Å²) >= 11 is 0. The van der Waals surface area contributed by atoms with E-state index in [-0.39, 0.29) is 11.8 Å². The van der Waals surface area contributed by atoms with Crippen LogP contribution in [0.15, 0.2) is 54.7 Å². The molecule has 0 spiro atoms. The molecule has 1 N–H and O–H groups in total. The largest absolute Gasteiger partial charge is 0.347 e. The Labute approximate surface area is 108 Å². The van der Waals surface area contributed by atoms with Gasteiger partial charge in [0.2, 0.25) is 0 Å². The molecule has 1 aromatic heterocycles. The highest BCUT2D eigenvalue weighted by Crippen LogP contribution is 2.14. The molecule has 0 aliphatic carbocycles. The summed E-state index contributed by atoms with van der Waals surface area (Å²) in [6, 6.07) is 12.6. The molecule has 0 atom stereocenters. The van der Waals surface area contributed by atoms with Gasteiger partial charge in [-0.3, -0.25) is 0 Å². The number of nitrogens with one attached hydrogen (secondary N) is 1. The first-order chi connectivity index (χ1) is 9.24. The van der Waals surface area contributed by atoms with E-state index in [9.17, 15) is 9.18 Å². The summed E-state index contributed by atoms with van der Waals surface area (Å²) in [5, 5.41) is 7.58. The Morgan fingerprint density at radius 3 is 2.63 bits per heavy atom. The summed E-state index contributed by atoms with van der Waals surface area (Å²) in [5.41, 5.74) is 1.24. The van der Waals surface area contributed by atoms with E-state index in [4.69, 9.17) is 0 Å². The van der Waals surface area contributed by atoms with Crippen molar-refractivity contribution >= 4 is 22.6 Å². The fraction of sp³-hybridized carbons (Fsp3) is 0. The van der Waals surface area contributed by atoms with Gasteiger partial charge in [0.25, 0.3) is 0 Å². The monoisotopic (exact) mass is 255 g/mol. The number of carbonyl (C=O) groups is 1. The van der Waals surface area contributed by atoms with Crippen molar-refractivity contribution in [2.75, 3.05) is 5.32 Å². The Hall–Kier alpha value is -2.69. The Morgan fingerprint density at radius 2 is 1.84 bits per heavy atom. The highest BCUT2D eigenvalue weighted by Gasteiger charge is 2.09. The summed E-state index contributed by atoms with van der Waals surface area (Å²) in [6.07, 6.45) is 1.62. The second-order valence-corrected chi connectivity index (χ2v) is 4.05. The molecule has 0 fully saturated rings. The fourth-order valence-corrected chi connectivity index (χ4v) is 1.84.